The molecule has 0 radical (unpaired) electrons. The van der Waals surface area contributed by atoms with Crippen LogP contribution in [0.3, 0.4) is 0 Å². The van der Waals surface area contributed by atoms with Crippen LogP contribution in [0.4, 0.5) is 0 Å². The van der Waals surface area contributed by atoms with Crippen molar-refractivity contribution < 1.29 is 9.90 Å². The third kappa shape index (κ3) is 3.04. The number of aromatic nitrogens is 1. The van der Waals surface area contributed by atoms with Crippen molar-refractivity contribution in [3.8, 4) is 0 Å². The molecule has 17 heavy (non-hydrogen) atoms. The van der Waals surface area contributed by atoms with E-state index in [0.717, 1.165) is 31.6 Å². The molecule has 1 atom stereocenters. The van der Waals surface area contributed by atoms with Gasteiger partial charge in [-0.15, -0.1) is 11.3 Å². The monoisotopic (exact) mass is 254 g/mol. The summed E-state index contributed by atoms with van der Waals surface area (Å²) in [5, 5.41) is 9.99. The molecule has 1 aliphatic heterocycles. The zero-order valence-corrected chi connectivity index (χ0v) is 11.1. The minimum atomic E-state index is -0.739. The molecule has 1 aromatic heterocycles. The fourth-order valence-corrected chi connectivity index (χ4v) is 3.31. The van der Waals surface area contributed by atoms with E-state index in [0.29, 0.717) is 5.92 Å². The first-order chi connectivity index (χ1) is 8.06. The quantitative estimate of drug-likeness (QED) is 0.896. The Morgan fingerprint density at radius 3 is 2.94 bits per heavy atom. The highest BCUT2D eigenvalue weighted by Crippen LogP contribution is 2.31. The molecule has 1 aliphatic rings. The molecule has 4 nitrogen and oxygen atoms in total. The number of carboxylic acid groups (broad SMARTS) is 1. The second-order valence-corrected chi connectivity index (χ2v) is 5.90. The SMILES string of the molecule is Cc1nc(C2CCCN(CC(=O)O)C2)sc1C. The lowest BCUT2D eigenvalue weighted by atomic mass is 9.99. The number of piperidine rings is 1. The highest BCUT2D eigenvalue weighted by atomic mass is 32.1. The summed E-state index contributed by atoms with van der Waals surface area (Å²) in [6.07, 6.45) is 2.19. The van der Waals surface area contributed by atoms with Gasteiger partial charge >= 0.3 is 5.97 Å². The molecule has 0 saturated carbocycles. The van der Waals surface area contributed by atoms with Crippen LogP contribution in [0.1, 0.15) is 34.3 Å². The molecule has 0 amide bonds. The van der Waals surface area contributed by atoms with Crippen LogP contribution in [-0.4, -0.2) is 40.6 Å². The van der Waals surface area contributed by atoms with Crippen molar-refractivity contribution in [2.45, 2.75) is 32.6 Å². The molecule has 94 valence electrons. The number of thiazole rings is 1. The van der Waals surface area contributed by atoms with Gasteiger partial charge in [-0.2, -0.15) is 0 Å². The molecule has 0 bridgehead atoms. The largest absolute Gasteiger partial charge is 0.480 e. The van der Waals surface area contributed by atoms with Gasteiger partial charge in [0.2, 0.25) is 0 Å². The maximum atomic E-state index is 10.7. The summed E-state index contributed by atoms with van der Waals surface area (Å²) in [4.78, 5) is 18.6. The predicted molar refractivity (Wildman–Crippen MR) is 67.6 cm³/mol. The molecule has 2 heterocycles. The van der Waals surface area contributed by atoms with E-state index in [1.54, 1.807) is 11.3 Å². The van der Waals surface area contributed by atoms with Crippen molar-refractivity contribution in [3.05, 3.63) is 15.6 Å². The number of carboxylic acids is 1. The highest BCUT2D eigenvalue weighted by Gasteiger charge is 2.25. The molecule has 0 spiro atoms. The number of likely N-dealkylation sites (tertiary alicyclic amines) is 1. The zero-order chi connectivity index (χ0) is 12.4. The maximum absolute atomic E-state index is 10.7. The summed E-state index contributed by atoms with van der Waals surface area (Å²) in [5.41, 5.74) is 1.11. The number of nitrogens with zero attached hydrogens (tertiary/aromatic N) is 2. The lowest BCUT2D eigenvalue weighted by Crippen LogP contribution is -2.37. The van der Waals surface area contributed by atoms with Crippen LogP contribution in [0.2, 0.25) is 0 Å². The Labute approximate surface area is 105 Å². The van der Waals surface area contributed by atoms with Gasteiger partial charge in [0, 0.05) is 17.3 Å². The van der Waals surface area contributed by atoms with E-state index in [2.05, 4.69) is 11.9 Å². The van der Waals surface area contributed by atoms with Gasteiger partial charge in [0.1, 0.15) is 0 Å². The van der Waals surface area contributed by atoms with Gasteiger partial charge in [0.15, 0.2) is 0 Å². The average molecular weight is 254 g/mol. The molecular weight excluding hydrogens is 236 g/mol. The molecule has 1 saturated heterocycles. The van der Waals surface area contributed by atoms with E-state index >= 15 is 0 Å². The van der Waals surface area contributed by atoms with Gasteiger partial charge in [0.05, 0.1) is 17.2 Å². The summed E-state index contributed by atoms with van der Waals surface area (Å²) in [6, 6.07) is 0. The van der Waals surface area contributed by atoms with Crippen LogP contribution in [0, 0.1) is 13.8 Å². The zero-order valence-electron chi connectivity index (χ0n) is 10.3. The van der Waals surface area contributed by atoms with Crippen LogP contribution in [-0.2, 0) is 4.79 Å². The van der Waals surface area contributed by atoms with Crippen LogP contribution in [0.25, 0.3) is 0 Å². The first-order valence-corrected chi connectivity index (χ1v) is 6.76. The van der Waals surface area contributed by atoms with Gasteiger partial charge in [0.25, 0.3) is 0 Å². The van der Waals surface area contributed by atoms with Crippen molar-refractivity contribution >= 4 is 17.3 Å². The second kappa shape index (κ2) is 5.14. The average Bonchev–Trinajstić information content (AvgIpc) is 2.59. The topological polar surface area (TPSA) is 53.4 Å². The smallest absolute Gasteiger partial charge is 0.317 e. The van der Waals surface area contributed by atoms with E-state index in [-0.39, 0.29) is 6.54 Å². The van der Waals surface area contributed by atoms with Crippen LogP contribution in [0.15, 0.2) is 0 Å². The van der Waals surface area contributed by atoms with Crippen LogP contribution < -0.4 is 0 Å². The molecule has 1 aromatic rings. The number of carbonyl (C=O) groups is 1. The molecule has 1 N–H and O–H groups in total. The molecule has 0 aliphatic carbocycles. The number of aliphatic carboxylic acids is 1. The van der Waals surface area contributed by atoms with E-state index < -0.39 is 5.97 Å². The third-order valence-electron chi connectivity index (χ3n) is 3.26. The van der Waals surface area contributed by atoms with E-state index in [1.165, 1.54) is 9.88 Å². The Hall–Kier alpha value is -0.940. The Morgan fingerprint density at radius 2 is 2.35 bits per heavy atom. The summed E-state index contributed by atoms with van der Waals surface area (Å²) in [5.74, 6) is -0.322. The Balaban J connectivity index is 2.04. The summed E-state index contributed by atoms with van der Waals surface area (Å²) in [6.45, 7) is 6.01. The highest BCUT2D eigenvalue weighted by molar-refractivity contribution is 7.11. The second-order valence-electron chi connectivity index (χ2n) is 4.66. The van der Waals surface area contributed by atoms with Crippen molar-refractivity contribution in [1.29, 1.82) is 0 Å². The molecule has 2 rings (SSSR count). The molecule has 1 unspecified atom stereocenters. The predicted octanol–water partition coefficient (Wildman–Crippen LogP) is 2.02. The van der Waals surface area contributed by atoms with Crippen LogP contribution >= 0.6 is 11.3 Å². The van der Waals surface area contributed by atoms with Gasteiger partial charge < -0.3 is 5.11 Å². The van der Waals surface area contributed by atoms with Gasteiger partial charge in [-0.3, -0.25) is 9.69 Å². The van der Waals surface area contributed by atoms with E-state index in [1.807, 2.05) is 11.8 Å². The molecular formula is C12H18N2O2S. The Morgan fingerprint density at radius 1 is 1.59 bits per heavy atom. The van der Waals surface area contributed by atoms with E-state index in [4.69, 9.17) is 5.11 Å². The minimum absolute atomic E-state index is 0.153. The third-order valence-corrected chi connectivity index (χ3v) is 4.49. The van der Waals surface area contributed by atoms with Gasteiger partial charge in [-0.25, -0.2) is 4.98 Å². The lowest BCUT2D eigenvalue weighted by molar-refractivity contribution is -0.138. The van der Waals surface area contributed by atoms with Crippen molar-refractivity contribution in [1.82, 2.24) is 9.88 Å². The maximum Gasteiger partial charge on any atom is 0.317 e. The lowest BCUT2D eigenvalue weighted by Gasteiger charge is -2.30. The Kier molecular flexibility index (Phi) is 3.79. The summed E-state index contributed by atoms with van der Waals surface area (Å²) >= 11 is 1.76. The first-order valence-electron chi connectivity index (χ1n) is 5.94. The number of aryl methyl sites for hydroxylation is 2. The molecule has 1 fully saturated rings. The number of hydrogen-bond acceptors (Lipinski definition) is 4. The van der Waals surface area contributed by atoms with Crippen molar-refractivity contribution in [3.63, 3.8) is 0 Å². The first kappa shape index (κ1) is 12.5. The van der Waals surface area contributed by atoms with Crippen molar-refractivity contribution in [2.24, 2.45) is 0 Å². The van der Waals surface area contributed by atoms with Crippen molar-refractivity contribution in [2.75, 3.05) is 19.6 Å². The molecule has 0 aromatic carbocycles. The van der Waals surface area contributed by atoms with Crippen LogP contribution in [0.5, 0.6) is 0 Å². The fraction of sp³-hybridized carbons (Fsp3) is 0.667. The standard InChI is InChI=1S/C12H18N2O2S/c1-8-9(2)17-12(13-8)10-4-3-5-14(6-10)7-11(15)16/h10H,3-7H2,1-2H3,(H,15,16). The summed E-state index contributed by atoms with van der Waals surface area (Å²) < 4.78 is 0. The van der Waals surface area contributed by atoms with Gasteiger partial charge in [-0.1, -0.05) is 0 Å². The molecule has 5 heteroatoms. The minimum Gasteiger partial charge on any atom is -0.480 e. The summed E-state index contributed by atoms with van der Waals surface area (Å²) in [7, 11) is 0. The number of rotatable bonds is 3. The van der Waals surface area contributed by atoms with E-state index in [9.17, 15) is 4.79 Å². The fourth-order valence-electron chi connectivity index (χ4n) is 2.26. The normalized spacial score (nSPS) is 21.6. The van der Waals surface area contributed by atoms with Gasteiger partial charge in [-0.05, 0) is 33.2 Å². The number of hydrogen-bond donors (Lipinski definition) is 1. The Bertz CT molecular complexity index is 397.